The summed E-state index contributed by atoms with van der Waals surface area (Å²) in [5.41, 5.74) is 0. The van der Waals surface area contributed by atoms with Gasteiger partial charge in [0.15, 0.2) is 0 Å². The molecule has 0 spiro atoms. The van der Waals surface area contributed by atoms with Crippen LogP contribution in [0.25, 0.3) is 0 Å². The van der Waals surface area contributed by atoms with Crippen LogP contribution in [0.2, 0.25) is 0 Å². The van der Waals surface area contributed by atoms with Crippen molar-refractivity contribution in [3.8, 4) is 0 Å². The summed E-state index contributed by atoms with van der Waals surface area (Å²) in [6.45, 7) is 3.09. The average molecular weight is 251 g/mol. The summed E-state index contributed by atoms with van der Waals surface area (Å²) in [4.78, 5) is 8.78. The van der Waals surface area contributed by atoms with Crippen molar-refractivity contribution < 1.29 is 0 Å². The van der Waals surface area contributed by atoms with Gasteiger partial charge in [0, 0.05) is 18.0 Å². The lowest BCUT2D eigenvalue weighted by Gasteiger charge is -2.20. The van der Waals surface area contributed by atoms with Crippen molar-refractivity contribution >= 4 is 17.7 Å². The second-order valence-electron chi connectivity index (χ2n) is 4.52. The number of nitrogens with zero attached hydrogens (tertiary/aromatic N) is 2. The number of aromatic nitrogens is 2. The molecular formula is C13H21N3S. The molecule has 1 N–H and O–H groups in total. The molecule has 0 atom stereocenters. The molecule has 0 bridgehead atoms. The number of hydrogen-bond donors (Lipinski definition) is 1. The first-order chi connectivity index (χ1) is 8.38. The van der Waals surface area contributed by atoms with Crippen molar-refractivity contribution in [1.82, 2.24) is 9.97 Å². The monoisotopic (exact) mass is 251 g/mol. The highest BCUT2D eigenvalue weighted by Crippen LogP contribution is 2.32. The van der Waals surface area contributed by atoms with Gasteiger partial charge in [0.25, 0.3) is 0 Å². The first-order valence-electron chi connectivity index (χ1n) is 6.62. The van der Waals surface area contributed by atoms with Crippen molar-refractivity contribution in [2.45, 2.75) is 55.7 Å². The minimum atomic E-state index is 0.762. The fourth-order valence-electron chi connectivity index (χ4n) is 2.08. The Hall–Kier alpha value is -0.770. The van der Waals surface area contributed by atoms with Crippen molar-refractivity contribution in [2.24, 2.45) is 0 Å². The second kappa shape index (κ2) is 6.84. The lowest BCUT2D eigenvalue weighted by atomic mass is 10.0. The van der Waals surface area contributed by atoms with Crippen LogP contribution in [0.5, 0.6) is 0 Å². The van der Waals surface area contributed by atoms with Gasteiger partial charge in [0.1, 0.15) is 5.03 Å². The van der Waals surface area contributed by atoms with Crippen LogP contribution in [0.4, 0.5) is 5.95 Å². The molecule has 0 saturated heterocycles. The Bertz CT molecular complexity index is 337. The maximum Gasteiger partial charge on any atom is 0.223 e. The number of hydrogen-bond acceptors (Lipinski definition) is 4. The highest BCUT2D eigenvalue weighted by molar-refractivity contribution is 7.99. The van der Waals surface area contributed by atoms with E-state index in [1.807, 2.05) is 24.0 Å². The first kappa shape index (κ1) is 12.7. The van der Waals surface area contributed by atoms with Crippen LogP contribution in [0.15, 0.2) is 17.3 Å². The molecule has 1 saturated carbocycles. The molecule has 0 amide bonds. The predicted molar refractivity (Wildman–Crippen MR) is 73.5 cm³/mol. The molecule has 0 unspecified atom stereocenters. The maximum atomic E-state index is 4.55. The van der Waals surface area contributed by atoms with E-state index in [1.165, 1.54) is 32.1 Å². The zero-order chi connectivity index (χ0) is 11.9. The van der Waals surface area contributed by atoms with Gasteiger partial charge in [-0.05, 0) is 25.3 Å². The Labute approximate surface area is 108 Å². The molecule has 94 valence electrons. The lowest BCUT2D eigenvalue weighted by molar-refractivity contribution is 0.515. The van der Waals surface area contributed by atoms with E-state index in [0.717, 1.165) is 29.2 Å². The van der Waals surface area contributed by atoms with Crippen LogP contribution in [0.1, 0.15) is 45.4 Å². The molecule has 1 aliphatic carbocycles. The molecule has 2 rings (SSSR count). The minimum Gasteiger partial charge on any atom is -0.354 e. The fourth-order valence-corrected chi connectivity index (χ4v) is 3.27. The van der Waals surface area contributed by atoms with Crippen LogP contribution in [-0.4, -0.2) is 21.8 Å². The van der Waals surface area contributed by atoms with Crippen LogP contribution >= 0.6 is 11.8 Å². The maximum absolute atomic E-state index is 4.55. The molecule has 0 aromatic carbocycles. The van der Waals surface area contributed by atoms with Crippen molar-refractivity contribution in [3.63, 3.8) is 0 Å². The van der Waals surface area contributed by atoms with Crippen molar-refractivity contribution in [2.75, 3.05) is 11.9 Å². The van der Waals surface area contributed by atoms with E-state index in [1.54, 1.807) is 0 Å². The third kappa shape index (κ3) is 4.19. The van der Waals surface area contributed by atoms with Gasteiger partial charge < -0.3 is 5.32 Å². The highest BCUT2D eigenvalue weighted by Gasteiger charge is 2.15. The van der Waals surface area contributed by atoms with Gasteiger partial charge in [-0.1, -0.05) is 26.2 Å². The molecule has 0 radical (unpaired) electrons. The second-order valence-corrected chi connectivity index (χ2v) is 5.84. The normalized spacial score (nSPS) is 17.0. The van der Waals surface area contributed by atoms with E-state index in [-0.39, 0.29) is 0 Å². The Morgan fingerprint density at radius 3 is 2.94 bits per heavy atom. The van der Waals surface area contributed by atoms with Crippen LogP contribution in [0.3, 0.4) is 0 Å². The summed E-state index contributed by atoms with van der Waals surface area (Å²) in [5, 5.41) is 5.11. The van der Waals surface area contributed by atoms with Gasteiger partial charge in [-0.25, -0.2) is 9.97 Å². The zero-order valence-corrected chi connectivity index (χ0v) is 11.3. The van der Waals surface area contributed by atoms with Gasteiger partial charge in [-0.3, -0.25) is 0 Å². The van der Waals surface area contributed by atoms with E-state index in [4.69, 9.17) is 0 Å². The highest BCUT2D eigenvalue weighted by atomic mass is 32.2. The molecule has 1 aromatic rings. The minimum absolute atomic E-state index is 0.762. The lowest BCUT2D eigenvalue weighted by Crippen LogP contribution is -2.09. The Kier molecular flexibility index (Phi) is 5.10. The molecule has 3 nitrogen and oxygen atoms in total. The molecular weight excluding hydrogens is 230 g/mol. The smallest absolute Gasteiger partial charge is 0.223 e. The van der Waals surface area contributed by atoms with E-state index < -0.39 is 0 Å². The summed E-state index contributed by atoms with van der Waals surface area (Å²) in [6, 6.07) is 2.02. The number of thioether (sulfide) groups is 1. The van der Waals surface area contributed by atoms with Crippen LogP contribution in [-0.2, 0) is 0 Å². The third-order valence-corrected chi connectivity index (χ3v) is 4.28. The predicted octanol–water partition coefficient (Wildman–Crippen LogP) is 3.72. The molecule has 1 fully saturated rings. The Balaban J connectivity index is 1.90. The number of nitrogens with one attached hydrogen (secondary N) is 1. The number of rotatable bonds is 5. The van der Waals surface area contributed by atoms with Crippen LogP contribution < -0.4 is 5.32 Å². The van der Waals surface area contributed by atoms with E-state index >= 15 is 0 Å². The quantitative estimate of drug-likeness (QED) is 0.809. The van der Waals surface area contributed by atoms with Crippen molar-refractivity contribution in [3.05, 3.63) is 12.3 Å². The SMILES string of the molecule is CCCNc1nccc(SC2CCCCC2)n1. The summed E-state index contributed by atoms with van der Waals surface area (Å²) in [6.07, 6.45) is 9.80. The largest absolute Gasteiger partial charge is 0.354 e. The first-order valence-corrected chi connectivity index (χ1v) is 7.50. The summed E-state index contributed by atoms with van der Waals surface area (Å²) in [7, 11) is 0. The molecule has 1 aliphatic rings. The standard InChI is InChI=1S/C13H21N3S/c1-2-9-14-13-15-10-8-12(16-13)17-11-6-4-3-5-7-11/h8,10-11H,2-7,9H2,1H3,(H,14,15,16). The molecule has 1 aromatic heterocycles. The Morgan fingerprint density at radius 1 is 1.35 bits per heavy atom. The van der Waals surface area contributed by atoms with E-state index in [9.17, 15) is 0 Å². The summed E-state index contributed by atoms with van der Waals surface area (Å²) < 4.78 is 0. The van der Waals surface area contributed by atoms with E-state index in [0.29, 0.717) is 0 Å². The average Bonchev–Trinajstić information content (AvgIpc) is 2.38. The van der Waals surface area contributed by atoms with Gasteiger partial charge in [0.05, 0.1) is 0 Å². The number of anilines is 1. The molecule has 0 aliphatic heterocycles. The summed E-state index contributed by atoms with van der Waals surface area (Å²) in [5.74, 6) is 0.771. The van der Waals surface area contributed by atoms with Gasteiger partial charge in [-0.15, -0.1) is 11.8 Å². The Morgan fingerprint density at radius 2 is 2.18 bits per heavy atom. The topological polar surface area (TPSA) is 37.8 Å². The molecule has 1 heterocycles. The van der Waals surface area contributed by atoms with Crippen molar-refractivity contribution in [1.29, 1.82) is 0 Å². The fraction of sp³-hybridized carbons (Fsp3) is 0.692. The molecule has 17 heavy (non-hydrogen) atoms. The van der Waals surface area contributed by atoms with Gasteiger partial charge in [-0.2, -0.15) is 0 Å². The van der Waals surface area contributed by atoms with E-state index in [2.05, 4.69) is 22.2 Å². The third-order valence-electron chi connectivity index (χ3n) is 3.00. The summed E-state index contributed by atoms with van der Waals surface area (Å²) >= 11 is 1.92. The van der Waals surface area contributed by atoms with Gasteiger partial charge in [0.2, 0.25) is 5.95 Å². The van der Waals surface area contributed by atoms with Crippen LogP contribution in [0, 0.1) is 0 Å². The van der Waals surface area contributed by atoms with Gasteiger partial charge >= 0.3 is 0 Å². The zero-order valence-electron chi connectivity index (χ0n) is 10.5. The molecule has 4 heteroatoms.